The molecular weight excluding hydrogens is 315 g/mol. The van der Waals surface area contributed by atoms with Crippen LogP contribution >= 0.6 is 12.4 Å². The number of carbonyl (C=O) groups is 1. The number of halogens is 2. The molecule has 1 aromatic carbocycles. The molecule has 0 saturated carbocycles. The highest BCUT2D eigenvalue weighted by molar-refractivity contribution is 5.95. The molecule has 3 rings (SSSR count). The van der Waals surface area contributed by atoms with Crippen molar-refractivity contribution in [1.82, 2.24) is 10.2 Å². The highest BCUT2D eigenvalue weighted by atomic mass is 35.5. The van der Waals surface area contributed by atoms with E-state index in [1.807, 2.05) is 17.0 Å². The van der Waals surface area contributed by atoms with Gasteiger partial charge in [-0.05, 0) is 69.7 Å². The summed E-state index contributed by atoms with van der Waals surface area (Å²) in [6.45, 7) is 4.65. The molecule has 0 spiro atoms. The largest absolute Gasteiger partial charge is 0.336 e. The van der Waals surface area contributed by atoms with E-state index < -0.39 is 0 Å². The van der Waals surface area contributed by atoms with Crippen LogP contribution in [0.25, 0.3) is 0 Å². The van der Waals surface area contributed by atoms with Crippen LogP contribution in [-0.2, 0) is 0 Å². The molecule has 2 heterocycles. The zero-order valence-electron chi connectivity index (χ0n) is 13.7. The highest BCUT2D eigenvalue weighted by Gasteiger charge is 2.28. The van der Waals surface area contributed by atoms with Crippen molar-refractivity contribution in [3.05, 3.63) is 35.1 Å². The topological polar surface area (TPSA) is 32.3 Å². The normalized spacial score (nSPS) is 22.5. The monoisotopic (exact) mass is 340 g/mol. The average Bonchev–Trinajstić information content (AvgIpc) is 2.56. The molecule has 1 amide bonds. The number of likely N-dealkylation sites (tertiary alicyclic amines) is 1. The van der Waals surface area contributed by atoms with Gasteiger partial charge in [0.2, 0.25) is 0 Å². The lowest BCUT2D eigenvalue weighted by Gasteiger charge is -2.34. The number of piperidine rings is 2. The van der Waals surface area contributed by atoms with Gasteiger partial charge in [0, 0.05) is 12.6 Å². The fourth-order valence-electron chi connectivity index (χ4n) is 3.72. The fraction of sp³-hybridized carbons (Fsp3) is 0.611. The standard InChI is InChI=1S/C18H25FN2O.ClH/c1-13-5-2-3-12-21(13)18(22)16-7-4-6-15(17(16)19)14-8-10-20-11-9-14;/h4,6-7,13-14,20H,2-3,5,8-12H2,1H3;1H. The first-order chi connectivity index (χ1) is 10.7. The van der Waals surface area contributed by atoms with Gasteiger partial charge >= 0.3 is 0 Å². The lowest BCUT2D eigenvalue weighted by molar-refractivity contribution is 0.0630. The second-order valence-electron chi connectivity index (χ2n) is 6.58. The smallest absolute Gasteiger partial charge is 0.257 e. The Bertz CT molecular complexity index is 546. The predicted octanol–water partition coefficient (Wildman–Crippen LogP) is 3.73. The molecule has 3 nitrogen and oxygen atoms in total. The SMILES string of the molecule is CC1CCCCN1C(=O)c1cccc(C2CCNCC2)c1F.Cl. The highest BCUT2D eigenvalue weighted by Crippen LogP contribution is 2.30. The number of rotatable bonds is 2. The van der Waals surface area contributed by atoms with Gasteiger partial charge < -0.3 is 10.2 Å². The minimum atomic E-state index is -0.294. The van der Waals surface area contributed by atoms with E-state index in [-0.39, 0.29) is 41.7 Å². The van der Waals surface area contributed by atoms with Crippen molar-refractivity contribution in [2.45, 2.75) is 51.0 Å². The van der Waals surface area contributed by atoms with E-state index in [0.29, 0.717) is 0 Å². The van der Waals surface area contributed by atoms with Crippen molar-refractivity contribution in [1.29, 1.82) is 0 Å². The summed E-state index contributed by atoms with van der Waals surface area (Å²) in [5.41, 5.74) is 0.974. The third-order valence-electron chi connectivity index (χ3n) is 5.10. The van der Waals surface area contributed by atoms with Gasteiger partial charge in [-0.15, -0.1) is 12.4 Å². The molecule has 23 heavy (non-hydrogen) atoms. The van der Waals surface area contributed by atoms with Crippen LogP contribution < -0.4 is 5.32 Å². The molecule has 2 fully saturated rings. The average molecular weight is 341 g/mol. The maximum absolute atomic E-state index is 14.9. The molecule has 1 atom stereocenters. The van der Waals surface area contributed by atoms with Crippen LogP contribution in [0.5, 0.6) is 0 Å². The maximum atomic E-state index is 14.9. The molecule has 128 valence electrons. The van der Waals surface area contributed by atoms with Gasteiger partial charge in [0.1, 0.15) is 5.82 Å². The second-order valence-corrected chi connectivity index (χ2v) is 6.58. The van der Waals surface area contributed by atoms with Gasteiger partial charge in [0.05, 0.1) is 5.56 Å². The van der Waals surface area contributed by atoms with Crippen LogP contribution in [0.4, 0.5) is 4.39 Å². The number of benzene rings is 1. The molecule has 1 aromatic rings. The predicted molar refractivity (Wildman–Crippen MR) is 92.8 cm³/mol. The van der Waals surface area contributed by atoms with Crippen molar-refractivity contribution in [2.75, 3.05) is 19.6 Å². The lowest BCUT2D eigenvalue weighted by atomic mass is 9.88. The fourth-order valence-corrected chi connectivity index (χ4v) is 3.72. The Hall–Kier alpha value is -1.13. The van der Waals surface area contributed by atoms with Crippen LogP contribution in [0, 0.1) is 5.82 Å². The van der Waals surface area contributed by atoms with Gasteiger partial charge in [0.15, 0.2) is 0 Å². The van der Waals surface area contributed by atoms with E-state index in [9.17, 15) is 9.18 Å². The van der Waals surface area contributed by atoms with Gasteiger partial charge in [-0.1, -0.05) is 12.1 Å². The van der Waals surface area contributed by atoms with Gasteiger partial charge in [-0.2, -0.15) is 0 Å². The first-order valence-corrected chi connectivity index (χ1v) is 8.48. The van der Waals surface area contributed by atoms with Crippen molar-refractivity contribution in [3.8, 4) is 0 Å². The van der Waals surface area contributed by atoms with E-state index in [1.54, 1.807) is 6.07 Å². The van der Waals surface area contributed by atoms with Gasteiger partial charge in [-0.3, -0.25) is 4.79 Å². The Labute approximate surface area is 144 Å². The molecule has 0 aromatic heterocycles. The third kappa shape index (κ3) is 3.86. The van der Waals surface area contributed by atoms with E-state index in [2.05, 4.69) is 12.2 Å². The number of amides is 1. The van der Waals surface area contributed by atoms with E-state index in [4.69, 9.17) is 0 Å². The second kappa shape index (κ2) is 8.11. The summed E-state index contributed by atoms with van der Waals surface area (Å²) < 4.78 is 14.9. The van der Waals surface area contributed by atoms with E-state index in [1.165, 1.54) is 0 Å². The zero-order chi connectivity index (χ0) is 15.5. The molecule has 0 aliphatic carbocycles. The van der Waals surface area contributed by atoms with Crippen LogP contribution in [-0.4, -0.2) is 36.5 Å². The number of carbonyl (C=O) groups excluding carboxylic acids is 1. The Balaban J connectivity index is 0.00000192. The summed E-state index contributed by atoms with van der Waals surface area (Å²) in [5, 5.41) is 3.30. The Morgan fingerprint density at radius 3 is 2.65 bits per heavy atom. The van der Waals surface area contributed by atoms with E-state index >= 15 is 0 Å². The Morgan fingerprint density at radius 2 is 1.96 bits per heavy atom. The lowest BCUT2D eigenvalue weighted by Crippen LogP contribution is -2.42. The van der Waals surface area contributed by atoms with Crippen molar-refractivity contribution < 1.29 is 9.18 Å². The summed E-state index contributed by atoms with van der Waals surface area (Å²) in [5.74, 6) is -0.203. The molecule has 0 radical (unpaired) electrons. The maximum Gasteiger partial charge on any atom is 0.257 e. The summed E-state index contributed by atoms with van der Waals surface area (Å²) in [6.07, 6.45) is 5.07. The van der Waals surface area contributed by atoms with Crippen molar-refractivity contribution >= 4 is 18.3 Å². The van der Waals surface area contributed by atoms with Crippen molar-refractivity contribution in [2.24, 2.45) is 0 Å². The molecule has 5 heteroatoms. The minimum absolute atomic E-state index is 0. The van der Waals surface area contributed by atoms with E-state index in [0.717, 1.165) is 57.3 Å². The molecule has 0 bridgehead atoms. The van der Waals surface area contributed by atoms with Crippen LogP contribution in [0.15, 0.2) is 18.2 Å². The summed E-state index contributed by atoms with van der Waals surface area (Å²) >= 11 is 0. The van der Waals surface area contributed by atoms with Gasteiger partial charge in [0.25, 0.3) is 5.91 Å². The van der Waals surface area contributed by atoms with Crippen LogP contribution in [0.3, 0.4) is 0 Å². The Morgan fingerprint density at radius 1 is 1.22 bits per heavy atom. The van der Waals surface area contributed by atoms with Crippen LogP contribution in [0.2, 0.25) is 0 Å². The first-order valence-electron chi connectivity index (χ1n) is 8.48. The molecule has 2 aliphatic rings. The minimum Gasteiger partial charge on any atom is -0.336 e. The zero-order valence-corrected chi connectivity index (χ0v) is 14.5. The molecule has 2 aliphatic heterocycles. The van der Waals surface area contributed by atoms with Gasteiger partial charge in [-0.25, -0.2) is 4.39 Å². The molecule has 1 N–H and O–H groups in total. The number of nitrogens with one attached hydrogen (secondary N) is 1. The number of hydrogen-bond acceptors (Lipinski definition) is 2. The Kier molecular flexibility index (Phi) is 6.42. The molecule has 2 saturated heterocycles. The summed E-state index contributed by atoms with van der Waals surface area (Å²) in [6, 6.07) is 5.54. The van der Waals surface area contributed by atoms with Crippen LogP contribution in [0.1, 0.15) is 60.9 Å². The van der Waals surface area contributed by atoms with Crippen molar-refractivity contribution in [3.63, 3.8) is 0 Å². The number of nitrogens with zero attached hydrogens (tertiary/aromatic N) is 1. The molecule has 1 unspecified atom stereocenters. The first kappa shape index (κ1) is 18.2. The molecular formula is C18H26ClFN2O. The quantitative estimate of drug-likeness (QED) is 0.889. The number of hydrogen-bond donors (Lipinski definition) is 1. The summed E-state index contributed by atoms with van der Waals surface area (Å²) in [7, 11) is 0. The summed E-state index contributed by atoms with van der Waals surface area (Å²) in [4.78, 5) is 14.6. The third-order valence-corrected chi connectivity index (χ3v) is 5.10.